The number of carbonyl (C=O) groups is 1. The topological polar surface area (TPSA) is 48.2 Å². The first-order chi connectivity index (χ1) is 8.47. The predicted molar refractivity (Wildman–Crippen MR) is 73.8 cm³/mol. The van der Waals surface area contributed by atoms with E-state index in [1.165, 1.54) is 25.7 Å². The first kappa shape index (κ1) is 13.9. The number of nitrogens with one attached hydrogen (secondary N) is 1. The van der Waals surface area contributed by atoms with Crippen molar-refractivity contribution in [1.29, 1.82) is 0 Å². The van der Waals surface area contributed by atoms with Crippen LogP contribution in [0.15, 0.2) is 0 Å². The minimum atomic E-state index is -0.270. The Hall–Kier alpha value is 0.890. The molecular formula is C13H20I2NO2-. The number of alkyl halides is 2. The quantitative estimate of drug-likeness (QED) is 0.149. The van der Waals surface area contributed by atoms with E-state index in [1.54, 1.807) is 0 Å². The SMILES string of the molecule is CC(C)(OC(=O)C(I)C1N[I-]1)C1CC2CCC1C2. The van der Waals surface area contributed by atoms with Gasteiger partial charge in [-0.1, -0.05) is 0 Å². The van der Waals surface area contributed by atoms with Crippen molar-refractivity contribution in [2.75, 3.05) is 0 Å². The molecule has 2 saturated carbocycles. The van der Waals surface area contributed by atoms with E-state index in [9.17, 15) is 4.79 Å². The first-order valence-electron chi connectivity index (χ1n) is 6.72. The van der Waals surface area contributed by atoms with Gasteiger partial charge in [-0.25, -0.2) is 0 Å². The van der Waals surface area contributed by atoms with Crippen LogP contribution in [0.25, 0.3) is 0 Å². The summed E-state index contributed by atoms with van der Waals surface area (Å²) < 4.78 is 9.64. The third-order valence-corrected chi connectivity index (χ3v) is 9.38. The van der Waals surface area contributed by atoms with Gasteiger partial charge in [-0.2, -0.15) is 0 Å². The van der Waals surface area contributed by atoms with Crippen molar-refractivity contribution in [2.45, 2.75) is 53.1 Å². The monoisotopic (exact) mass is 476 g/mol. The fraction of sp³-hybridized carbons (Fsp3) is 0.923. The van der Waals surface area contributed by atoms with E-state index < -0.39 is 0 Å². The van der Waals surface area contributed by atoms with Gasteiger partial charge >= 0.3 is 134 Å². The number of fused-ring (bicyclic) bond motifs is 2. The number of hydrogen-bond donors (Lipinski definition) is 1. The molecule has 1 N–H and O–H groups in total. The Morgan fingerprint density at radius 3 is 2.67 bits per heavy atom. The molecule has 2 aliphatic carbocycles. The normalized spacial score (nSPS) is 40.2. The third kappa shape index (κ3) is 2.68. The number of carbonyl (C=O) groups excluding carboxylic acids is 1. The van der Waals surface area contributed by atoms with Crippen LogP contribution in [0.4, 0.5) is 0 Å². The van der Waals surface area contributed by atoms with E-state index in [1.807, 2.05) is 0 Å². The Morgan fingerprint density at radius 2 is 2.17 bits per heavy atom. The first-order valence-corrected chi connectivity index (χ1v) is 10.3. The summed E-state index contributed by atoms with van der Waals surface area (Å²) in [6.07, 6.45) is 5.39. The molecular weight excluding hydrogens is 456 g/mol. The van der Waals surface area contributed by atoms with E-state index >= 15 is 0 Å². The van der Waals surface area contributed by atoms with Gasteiger partial charge in [-0.15, -0.1) is 0 Å². The van der Waals surface area contributed by atoms with Crippen molar-refractivity contribution >= 4 is 28.6 Å². The maximum atomic E-state index is 12.2. The molecule has 3 nitrogen and oxygen atoms in total. The number of esters is 1. The summed E-state index contributed by atoms with van der Waals surface area (Å²) in [7, 11) is 0. The second-order valence-electron chi connectivity index (χ2n) is 6.33. The van der Waals surface area contributed by atoms with Gasteiger partial charge < -0.3 is 0 Å². The van der Waals surface area contributed by atoms with Crippen LogP contribution in [0.2, 0.25) is 0 Å². The zero-order valence-electron chi connectivity index (χ0n) is 10.8. The molecule has 18 heavy (non-hydrogen) atoms. The molecule has 0 radical (unpaired) electrons. The van der Waals surface area contributed by atoms with Crippen LogP contribution >= 0.6 is 22.6 Å². The van der Waals surface area contributed by atoms with E-state index in [2.05, 4.69) is 40.0 Å². The molecule has 104 valence electrons. The van der Waals surface area contributed by atoms with Gasteiger partial charge in [0.25, 0.3) is 0 Å². The average Bonchev–Trinajstić information content (AvgIpc) is 2.94. The Morgan fingerprint density at radius 1 is 1.44 bits per heavy atom. The maximum absolute atomic E-state index is 12.2. The van der Waals surface area contributed by atoms with Crippen LogP contribution in [-0.2, 0) is 9.53 Å². The number of ether oxygens (including phenoxy) is 1. The molecule has 3 fully saturated rings. The molecule has 1 aliphatic heterocycles. The molecule has 0 aromatic heterocycles. The Labute approximate surface area is 133 Å². The Kier molecular flexibility index (Phi) is 3.86. The Bertz CT molecular complexity index is 357. The van der Waals surface area contributed by atoms with Crippen LogP contribution < -0.4 is 25.0 Å². The molecule has 0 aromatic carbocycles. The zero-order chi connectivity index (χ0) is 12.9. The molecule has 5 heteroatoms. The average molecular weight is 476 g/mol. The zero-order valence-corrected chi connectivity index (χ0v) is 15.1. The van der Waals surface area contributed by atoms with Crippen molar-refractivity contribution in [2.24, 2.45) is 17.8 Å². The molecule has 5 unspecified atom stereocenters. The molecule has 5 atom stereocenters. The van der Waals surface area contributed by atoms with Gasteiger partial charge in [0.1, 0.15) is 0 Å². The van der Waals surface area contributed by atoms with E-state index in [0.717, 1.165) is 11.8 Å². The summed E-state index contributed by atoms with van der Waals surface area (Å²) in [4.78, 5) is 12.2. The standard InChI is InChI=1S/C13H20I2NO2/c1-13(2,9-6-7-3-4-8(9)5-7)18-12(17)10(14)11-15-16-11/h7-11,16H,3-6H2,1-2H3/q-1. The number of hydrogen-bond acceptors (Lipinski definition) is 3. The predicted octanol–water partition coefficient (Wildman–Crippen LogP) is -0.519. The summed E-state index contributed by atoms with van der Waals surface area (Å²) >= 11 is 2.32. The van der Waals surface area contributed by atoms with Gasteiger partial charge in [0.2, 0.25) is 0 Å². The molecule has 1 heterocycles. The minimum absolute atomic E-state index is 0.00178. The summed E-state index contributed by atoms with van der Waals surface area (Å²) in [5.74, 6) is 2.30. The second kappa shape index (κ2) is 5.02. The summed E-state index contributed by atoms with van der Waals surface area (Å²) in [5.41, 5.74) is -0.270. The van der Waals surface area contributed by atoms with Gasteiger partial charge in [0.15, 0.2) is 0 Å². The summed E-state index contributed by atoms with van der Waals surface area (Å²) in [6.45, 7) is 4.24. The molecule has 0 spiro atoms. The number of rotatable bonds is 4. The van der Waals surface area contributed by atoms with Gasteiger partial charge in [0, 0.05) is 0 Å². The van der Waals surface area contributed by atoms with Crippen LogP contribution in [0, 0.1) is 17.8 Å². The molecule has 0 amide bonds. The third-order valence-electron chi connectivity index (χ3n) is 4.71. The molecule has 3 aliphatic rings. The summed E-state index contributed by atoms with van der Waals surface area (Å²) in [5, 5.41) is 0. The molecule has 3 rings (SSSR count). The Balaban J connectivity index is 1.61. The number of halogens is 2. The molecule has 0 aromatic rings. The van der Waals surface area contributed by atoms with E-state index in [0.29, 0.717) is 9.97 Å². The summed E-state index contributed by atoms with van der Waals surface area (Å²) in [6, 6.07) is 0. The van der Waals surface area contributed by atoms with Crippen molar-refractivity contribution in [3.8, 4) is 0 Å². The molecule has 1 saturated heterocycles. The van der Waals surface area contributed by atoms with Gasteiger partial charge in [-0.05, 0) is 0 Å². The second-order valence-corrected chi connectivity index (χ2v) is 10.3. The van der Waals surface area contributed by atoms with Crippen LogP contribution in [0.3, 0.4) is 0 Å². The van der Waals surface area contributed by atoms with Crippen molar-refractivity contribution in [1.82, 2.24) is 3.53 Å². The van der Waals surface area contributed by atoms with Crippen molar-refractivity contribution in [3.63, 3.8) is 0 Å². The van der Waals surface area contributed by atoms with E-state index in [-0.39, 0.29) is 37.0 Å². The van der Waals surface area contributed by atoms with Crippen LogP contribution in [0.1, 0.15) is 39.5 Å². The van der Waals surface area contributed by atoms with Crippen molar-refractivity contribution < 1.29 is 31.0 Å². The van der Waals surface area contributed by atoms with Crippen LogP contribution in [0.5, 0.6) is 0 Å². The van der Waals surface area contributed by atoms with E-state index in [4.69, 9.17) is 4.74 Å². The van der Waals surface area contributed by atoms with Crippen LogP contribution in [-0.4, -0.2) is 19.5 Å². The fourth-order valence-electron chi connectivity index (χ4n) is 3.75. The molecule has 2 bridgehead atoms. The van der Waals surface area contributed by atoms with Gasteiger partial charge in [0.05, 0.1) is 0 Å². The fourth-order valence-corrected chi connectivity index (χ4v) is 6.84. The van der Waals surface area contributed by atoms with Crippen molar-refractivity contribution in [3.05, 3.63) is 0 Å². The van der Waals surface area contributed by atoms with Gasteiger partial charge in [-0.3, -0.25) is 0 Å².